The second kappa shape index (κ2) is 6.73. The van der Waals surface area contributed by atoms with Crippen molar-refractivity contribution in [2.45, 2.75) is 77.8 Å². The maximum absolute atomic E-state index is 12.9. The number of ketones is 1. The molecular formula is C20H30O6. The molecule has 26 heavy (non-hydrogen) atoms. The molecule has 1 heterocycles. The Kier molecular flexibility index (Phi) is 5.05. The van der Waals surface area contributed by atoms with Crippen molar-refractivity contribution in [3.05, 3.63) is 11.6 Å². The van der Waals surface area contributed by atoms with Crippen molar-refractivity contribution in [3.8, 4) is 0 Å². The van der Waals surface area contributed by atoms with E-state index in [1.807, 2.05) is 6.92 Å². The summed E-state index contributed by atoms with van der Waals surface area (Å²) in [7, 11) is 0. The van der Waals surface area contributed by atoms with Crippen molar-refractivity contribution >= 4 is 11.8 Å². The molecule has 2 saturated carbocycles. The standard InChI is InChI=1S/C20H30O6/c1-11-6-7-19(2)15(5-4-12(21)8-16(19)23)20(11,3)10-14(22)13-9-17(24)26-18(13)25/h9,11-12,14-15,18,21-22,25H,4-8,10H2,1-3H3/t11-,12+,14+,15+,18?,19-,20+/m1/s1. The van der Waals surface area contributed by atoms with Gasteiger partial charge in [0, 0.05) is 23.5 Å². The molecule has 0 bridgehead atoms. The van der Waals surface area contributed by atoms with Crippen LogP contribution in [0.5, 0.6) is 0 Å². The summed E-state index contributed by atoms with van der Waals surface area (Å²) < 4.78 is 4.70. The summed E-state index contributed by atoms with van der Waals surface area (Å²) >= 11 is 0. The third-order valence-electron chi connectivity index (χ3n) is 7.45. The summed E-state index contributed by atoms with van der Waals surface area (Å²) in [5.74, 6) is -0.229. The van der Waals surface area contributed by atoms with Crippen LogP contribution in [0.1, 0.15) is 59.3 Å². The lowest BCUT2D eigenvalue weighted by Crippen LogP contribution is -2.52. The second-order valence-electron chi connectivity index (χ2n) is 8.93. The normalized spacial score (nSPS) is 44.8. The number of carbonyl (C=O) groups is 2. The van der Waals surface area contributed by atoms with E-state index in [9.17, 15) is 24.9 Å². The molecule has 146 valence electrons. The zero-order valence-electron chi connectivity index (χ0n) is 15.8. The fraction of sp³-hybridized carbons (Fsp3) is 0.800. The van der Waals surface area contributed by atoms with Crippen LogP contribution in [0.4, 0.5) is 0 Å². The lowest BCUT2D eigenvalue weighted by Gasteiger charge is -2.55. The average Bonchev–Trinajstić information content (AvgIpc) is 2.83. The molecule has 0 amide bonds. The van der Waals surface area contributed by atoms with Crippen molar-refractivity contribution < 1.29 is 29.6 Å². The van der Waals surface area contributed by atoms with Gasteiger partial charge in [0.25, 0.3) is 0 Å². The number of fused-ring (bicyclic) bond motifs is 1. The Balaban J connectivity index is 1.91. The topological polar surface area (TPSA) is 104 Å². The molecule has 1 unspecified atom stereocenters. The molecule has 0 aromatic carbocycles. The van der Waals surface area contributed by atoms with E-state index < -0.39 is 29.9 Å². The van der Waals surface area contributed by atoms with Gasteiger partial charge in [-0.3, -0.25) is 4.79 Å². The van der Waals surface area contributed by atoms with E-state index >= 15 is 0 Å². The number of esters is 1. The summed E-state index contributed by atoms with van der Waals surface area (Å²) in [6.07, 6.45) is 1.68. The summed E-state index contributed by atoms with van der Waals surface area (Å²) in [4.78, 5) is 24.2. The molecule has 3 N–H and O–H groups in total. The van der Waals surface area contributed by atoms with Gasteiger partial charge in [0.1, 0.15) is 5.78 Å². The molecule has 3 rings (SSSR count). The molecule has 3 aliphatic rings. The number of aliphatic hydroxyl groups is 3. The van der Waals surface area contributed by atoms with Gasteiger partial charge in [-0.25, -0.2) is 4.79 Å². The van der Waals surface area contributed by atoms with E-state index in [4.69, 9.17) is 4.74 Å². The Morgan fingerprint density at radius 2 is 1.92 bits per heavy atom. The molecular weight excluding hydrogens is 336 g/mol. The minimum Gasteiger partial charge on any atom is -0.429 e. The Labute approximate surface area is 154 Å². The van der Waals surface area contributed by atoms with Crippen LogP contribution in [0.2, 0.25) is 0 Å². The SMILES string of the molecule is C[C@@H]1CC[C@@]2(C)C(=O)C[C@@H](O)CC[C@@H]2[C@@]1(C)C[C@H](O)C1=CC(=O)OC1O. The Morgan fingerprint density at radius 1 is 1.23 bits per heavy atom. The van der Waals surface area contributed by atoms with Crippen LogP contribution in [0.15, 0.2) is 11.6 Å². The first kappa shape index (κ1) is 19.5. The number of hydrogen-bond donors (Lipinski definition) is 3. The number of ether oxygens (including phenoxy) is 1. The van der Waals surface area contributed by atoms with Crippen LogP contribution in [0, 0.1) is 22.7 Å². The smallest absolute Gasteiger partial charge is 0.333 e. The molecule has 0 spiro atoms. The Hall–Kier alpha value is -1.24. The molecule has 6 heteroatoms. The van der Waals surface area contributed by atoms with Gasteiger partial charge in [-0.15, -0.1) is 0 Å². The molecule has 0 aromatic heterocycles. The first-order valence-corrected chi connectivity index (χ1v) is 9.57. The van der Waals surface area contributed by atoms with Crippen molar-refractivity contribution in [2.75, 3.05) is 0 Å². The second-order valence-corrected chi connectivity index (χ2v) is 8.93. The fourth-order valence-electron chi connectivity index (χ4n) is 5.54. The highest BCUT2D eigenvalue weighted by Crippen LogP contribution is 2.59. The van der Waals surface area contributed by atoms with Crippen LogP contribution in [0.25, 0.3) is 0 Å². The lowest BCUT2D eigenvalue weighted by molar-refractivity contribution is -0.153. The minimum atomic E-state index is -1.40. The third-order valence-corrected chi connectivity index (χ3v) is 7.45. The molecule has 2 aliphatic carbocycles. The van der Waals surface area contributed by atoms with Crippen LogP contribution in [-0.2, 0) is 14.3 Å². The largest absolute Gasteiger partial charge is 0.429 e. The number of rotatable bonds is 3. The van der Waals surface area contributed by atoms with E-state index in [0.29, 0.717) is 12.8 Å². The van der Waals surface area contributed by atoms with E-state index in [2.05, 4.69) is 13.8 Å². The Morgan fingerprint density at radius 3 is 2.54 bits per heavy atom. The number of Topliss-reactive ketones (excluding diaryl/α,β-unsaturated/α-hetero) is 1. The summed E-state index contributed by atoms with van der Waals surface area (Å²) in [5.41, 5.74) is -0.665. The predicted molar refractivity (Wildman–Crippen MR) is 93.8 cm³/mol. The molecule has 7 atom stereocenters. The van der Waals surface area contributed by atoms with E-state index in [1.54, 1.807) is 0 Å². The number of carbonyl (C=O) groups excluding carboxylic acids is 2. The van der Waals surface area contributed by atoms with Crippen LogP contribution in [0.3, 0.4) is 0 Å². The number of aliphatic hydroxyl groups excluding tert-OH is 3. The monoisotopic (exact) mass is 366 g/mol. The summed E-state index contributed by atoms with van der Waals surface area (Å²) in [6, 6.07) is 0. The van der Waals surface area contributed by atoms with Gasteiger partial charge in [0.05, 0.1) is 12.2 Å². The van der Waals surface area contributed by atoms with Crippen molar-refractivity contribution in [1.82, 2.24) is 0 Å². The van der Waals surface area contributed by atoms with E-state index in [0.717, 1.165) is 25.3 Å². The molecule has 6 nitrogen and oxygen atoms in total. The lowest BCUT2D eigenvalue weighted by atomic mass is 9.49. The zero-order chi connectivity index (χ0) is 19.3. The molecule has 2 fully saturated rings. The zero-order valence-corrected chi connectivity index (χ0v) is 15.8. The van der Waals surface area contributed by atoms with Gasteiger partial charge in [-0.2, -0.15) is 0 Å². The predicted octanol–water partition coefficient (Wildman–Crippen LogP) is 1.71. The maximum Gasteiger partial charge on any atom is 0.333 e. The fourth-order valence-corrected chi connectivity index (χ4v) is 5.54. The minimum absolute atomic E-state index is 0.0359. The van der Waals surface area contributed by atoms with Gasteiger partial charge in [-0.05, 0) is 49.4 Å². The highest BCUT2D eigenvalue weighted by Gasteiger charge is 2.56. The quantitative estimate of drug-likeness (QED) is 0.657. The summed E-state index contributed by atoms with van der Waals surface area (Å²) in [5, 5.41) is 30.7. The number of cyclic esters (lactones) is 1. The highest BCUT2D eigenvalue weighted by atomic mass is 16.6. The highest BCUT2D eigenvalue weighted by molar-refractivity contribution is 5.86. The van der Waals surface area contributed by atoms with Crippen LogP contribution in [-0.4, -0.2) is 45.6 Å². The van der Waals surface area contributed by atoms with E-state index in [-0.39, 0.29) is 35.0 Å². The first-order chi connectivity index (χ1) is 12.1. The van der Waals surface area contributed by atoms with Gasteiger partial charge in [-0.1, -0.05) is 20.8 Å². The molecule has 0 radical (unpaired) electrons. The van der Waals surface area contributed by atoms with Gasteiger partial charge in [0.2, 0.25) is 6.29 Å². The Bertz CT molecular complexity index is 628. The first-order valence-electron chi connectivity index (χ1n) is 9.57. The summed E-state index contributed by atoms with van der Waals surface area (Å²) in [6.45, 7) is 6.24. The molecule has 0 aromatic rings. The van der Waals surface area contributed by atoms with E-state index in [1.165, 1.54) is 0 Å². The number of hydrogen-bond acceptors (Lipinski definition) is 6. The maximum atomic E-state index is 12.9. The van der Waals surface area contributed by atoms with Gasteiger partial charge < -0.3 is 20.1 Å². The van der Waals surface area contributed by atoms with Crippen molar-refractivity contribution in [2.24, 2.45) is 22.7 Å². The van der Waals surface area contributed by atoms with Crippen LogP contribution < -0.4 is 0 Å². The van der Waals surface area contributed by atoms with Gasteiger partial charge in [0.15, 0.2) is 0 Å². The molecule has 1 aliphatic heterocycles. The average molecular weight is 366 g/mol. The third kappa shape index (κ3) is 3.12. The van der Waals surface area contributed by atoms with Gasteiger partial charge >= 0.3 is 5.97 Å². The van der Waals surface area contributed by atoms with Crippen LogP contribution >= 0.6 is 0 Å². The van der Waals surface area contributed by atoms with Crippen molar-refractivity contribution in [3.63, 3.8) is 0 Å². The van der Waals surface area contributed by atoms with Crippen molar-refractivity contribution in [1.29, 1.82) is 0 Å². The molecule has 0 saturated heterocycles.